The molecule has 0 radical (unpaired) electrons. The minimum atomic E-state index is -0.181. The maximum Gasteiger partial charge on any atom is 0.270 e. The van der Waals surface area contributed by atoms with E-state index in [1.54, 1.807) is 0 Å². The van der Waals surface area contributed by atoms with Crippen LogP contribution in [-0.2, 0) is 0 Å². The molecule has 116 valence electrons. The first-order valence-corrected chi connectivity index (χ1v) is 7.89. The van der Waals surface area contributed by atoms with Gasteiger partial charge in [-0.25, -0.2) is 4.98 Å². The average molecular weight is 323 g/mol. The predicted octanol–water partition coefficient (Wildman–Crippen LogP) is 4.69. The smallest absolute Gasteiger partial charge is 0.270 e. The Morgan fingerprint density at radius 3 is 2.52 bits per heavy atom. The number of pyridine rings is 1. The lowest BCUT2D eigenvalue weighted by atomic mass is 9.74. The largest absolute Gasteiger partial charge is 0.349 e. The molecule has 0 bridgehead atoms. The summed E-state index contributed by atoms with van der Waals surface area (Å²) in [4.78, 5) is 16.9. The lowest BCUT2D eigenvalue weighted by molar-refractivity contribution is 0.0938. The molecule has 0 unspecified atom stereocenters. The summed E-state index contributed by atoms with van der Waals surface area (Å²) in [5, 5.41) is 5.44. The van der Waals surface area contributed by atoms with Crippen LogP contribution in [0.1, 0.15) is 24.3 Å². The number of hydrogen-bond acceptors (Lipinski definition) is 2. The number of aromatic nitrogens is 1. The van der Waals surface area contributed by atoms with E-state index in [0.717, 1.165) is 22.0 Å². The molecule has 0 fully saturated rings. The number of halogens is 1. The lowest BCUT2D eigenvalue weighted by Gasteiger charge is -2.12. The Morgan fingerprint density at radius 1 is 1.09 bits per heavy atom. The van der Waals surface area contributed by atoms with E-state index in [2.05, 4.69) is 10.3 Å². The maximum absolute atomic E-state index is 12.4. The van der Waals surface area contributed by atoms with E-state index >= 15 is 0 Å². The standard InChI is InChI=1S/C19H17ClN2O/c1-12(2)21-19(23)17-11-13-7-3-4-8-14(13)18(22-17)15-9-5-6-10-16(15)20/h3-12H,1-2H3,(H,21,23)/i13-1,19-1. The number of benzene rings is 2. The Kier molecular flexibility index (Phi) is 4.30. The van der Waals surface area contributed by atoms with Gasteiger partial charge in [-0.15, -0.1) is 0 Å². The van der Waals surface area contributed by atoms with E-state index in [9.17, 15) is 4.79 Å². The molecule has 2 aromatic carbocycles. The van der Waals surface area contributed by atoms with Crippen molar-refractivity contribution in [1.82, 2.24) is 10.3 Å². The highest BCUT2D eigenvalue weighted by molar-refractivity contribution is 6.33. The highest BCUT2D eigenvalue weighted by Crippen LogP contribution is 2.32. The van der Waals surface area contributed by atoms with Crippen LogP contribution < -0.4 is 5.32 Å². The lowest BCUT2D eigenvalue weighted by Crippen LogP contribution is -2.30. The second kappa shape index (κ2) is 6.39. The van der Waals surface area contributed by atoms with Crippen molar-refractivity contribution >= 4 is 28.3 Å². The van der Waals surface area contributed by atoms with E-state index < -0.39 is 0 Å². The summed E-state index contributed by atoms with van der Waals surface area (Å²) in [5.74, 6) is -0.181. The van der Waals surface area contributed by atoms with Crippen molar-refractivity contribution in [1.29, 1.82) is 0 Å². The van der Waals surface area contributed by atoms with Crippen LogP contribution in [0.15, 0.2) is 54.6 Å². The molecule has 23 heavy (non-hydrogen) atoms. The van der Waals surface area contributed by atoms with Gasteiger partial charge < -0.3 is 5.32 Å². The van der Waals surface area contributed by atoms with E-state index in [-0.39, 0.29) is 11.9 Å². The number of nitrogens with zero attached hydrogens (tertiary/aromatic N) is 1. The molecule has 0 aliphatic rings. The van der Waals surface area contributed by atoms with E-state index in [1.807, 2.05) is 68.4 Å². The number of hydrogen-bond donors (Lipinski definition) is 1. The highest BCUT2D eigenvalue weighted by Gasteiger charge is 2.15. The van der Waals surface area contributed by atoms with Gasteiger partial charge in [-0.2, -0.15) is 0 Å². The van der Waals surface area contributed by atoms with Crippen LogP contribution >= 0.6 is 11.6 Å². The molecule has 0 saturated heterocycles. The summed E-state index contributed by atoms with van der Waals surface area (Å²) in [7, 11) is 0. The first kappa shape index (κ1) is 15.5. The first-order valence-electron chi connectivity index (χ1n) is 7.52. The average Bonchev–Trinajstić information content (AvgIpc) is 2.54. The van der Waals surface area contributed by atoms with Gasteiger partial charge in [0.05, 0.1) is 5.69 Å². The normalized spacial score (nSPS) is 11.0. The van der Waals surface area contributed by atoms with Crippen molar-refractivity contribution in [3.63, 3.8) is 0 Å². The maximum atomic E-state index is 12.4. The van der Waals surface area contributed by atoms with E-state index in [0.29, 0.717) is 10.7 Å². The van der Waals surface area contributed by atoms with Gasteiger partial charge in [0.15, 0.2) is 0 Å². The van der Waals surface area contributed by atoms with Gasteiger partial charge in [-0.3, -0.25) is 4.79 Å². The highest BCUT2D eigenvalue weighted by atomic mass is 35.5. The summed E-state index contributed by atoms with van der Waals surface area (Å²) < 4.78 is 0. The SMILES string of the molecule is CC(C)N[11C](=O)c1c[11c]2ccccc2c(-c2ccccc2Cl)n1. The monoisotopic (exact) mass is 322 g/mol. The fourth-order valence-corrected chi connectivity index (χ4v) is 2.74. The molecule has 0 atom stereocenters. The summed E-state index contributed by atoms with van der Waals surface area (Å²) in [6, 6.07) is 17.3. The molecule has 3 nitrogen and oxygen atoms in total. The molecule has 0 aliphatic carbocycles. The summed E-state index contributed by atoms with van der Waals surface area (Å²) >= 11 is 6.33. The van der Waals surface area contributed by atoms with Crippen LogP contribution in [0.3, 0.4) is 0 Å². The Bertz CT molecular complexity index is 874. The van der Waals surface area contributed by atoms with Gasteiger partial charge in [-0.1, -0.05) is 54.1 Å². The van der Waals surface area contributed by atoms with Crippen LogP contribution in [0.4, 0.5) is 0 Å². The summed E-state index contributed by atoms with van der Waals surface area (Å²) in [5.41, 5.74) is 1.94. The van der Waals surface area contributed by atoms with Gasteiger partial charge in [0.1, 0.15) is 5.69 Å². The molecule has 1 N–H and O–H groups in total. The third kappa shape index (κ3) is 3.20. The topological polar surface area (TPSA) is 42.0 Å². The number of nitrogens with one attached hydrogen (secondary N) is 1. The van der Waals surface area contributed by atoms with Crippen molar-refractivity contribution < 1.29 is 4.79 Å². The van der Waals surface area contributed by atoms with Gasteiger partial charge in [0.25, 0.3) is 5.91 Å². The number of fused-ring (bicyclic) bond motifs is 1. The molecule has 0 aliphatic heterocycles. The number of amides is 1. The predicted molar refractivity (Wildman–Crippen MR) is 94.8 cm³/mol. The number of rotatable bonds is 3. The van der Waals surface area contributed by atoms with Crippen LogP contribution in [-0.4, -0.2) is 16.9 Å². The van der Waals surface area contributed by atoms with Crippen LogP contribution in [0, 0.1) is 0 Å². The van der Waals surface area contributed by atoms with Crippen LogP contribution in [0.2, 0.25) is 5.02 Å². The van der Waals surface area contributed by atoms with Crippen molar-refractivity contribution in [2.24, 2.45) is 0 Å². The zero-order valence-corrected chi connectivity index (χ0v) is 13.8. The quantitative estimate of drug-likeness (QED) is 0.759. The third-order valence-electron chi connectivity index (χ3n) is 3.52. The molecular weight excluding hydrogens is 306 g/mol. The minimum Gasteiger partial charge on any atom is -0.349 e. The Hall–Kier alpha value is -2.39. The van der Waals surface area contributed by atoms with Crippen molar-refractivity contribution in [2.75, 3.05) is 0 Å². The molecular formula is C19H17ClN2O. The van der Waals surface area contributed by atoms with Gasteiger partial charge in [0, 0.05) is 22.0 Å². The summed E-state index contributed by atoms with van der Waals surface area (Å²) in [6.07, 6.45) is 0. The van der Waals surface area contributed by atoms with Gasteiger partial charge in [-0.05, 0) is 31.4 Å². The Morgan fingerprint density at radius 2 is 1.78 bits per heavy atom. The molecule has 0 saturated carbocycles. The molecule has 1 amide bonds. The fraction of sp³-hybridized carbons (Fsp3) is 0.158. The molecule has 0 spiro atoms. The molecule has 3 rings (SSSR count). The Balaban J connectivity index is 2.23. The number of carbonyl (C=O) groups excluding carboxylic acids is 1. The first-order chi connectivity index (χ1) is 11.1. The second-order valence-corrected chi connectivity index (χ2v) is 6.09. The Labute approximate surface area is 140 Å². The van der Waals surface area contributed by atoms with Crippen molar-refractivity contribution in [3.8, 4) is 11.3 Å². The molecule has 1 aromatic heterocycles. The van der Waals surface area contributed by atoms with Crippen molar-refractivity contribution in [3.05, 3.63) is 65.3 Å². The fourth-order valence-electron chi connectivity index (χ4n) is 2.51. The zero-order valence-electron chi connectivity index (χ0n) is 13.0. The van der Waals surface area contributed by atoms with E-state index in [4.69, 9.17) is 11.6 Å². The summed E-state index contributed by atoms with van der Waals surface area (Å²) in [6.45, 7) is 3.85. The zero-order chi connectivity index (χ0) is 16.4. The van der Waals surface area contributed by atoms with Crippen molar-refractivity contribution in [2.45, 2.75) is 19.9 Å². The van der Waals surface area contributed by atoms with E-state index in [1.165, 1.54) is 0 Å². The number of carbonyl (C=O) groups is 1. The van der Waals surface area contributed by atoms with Crippen LogP contribution in [0.25, 0.3) is 22.0 Å². The molecule has 3 aromatic rings. The minimum absolute atomic E-state index is 0.0551. The molecule has 4 heteroatoms. The van der Waals surface area contributed by atoms with Gasteiger partial charge >= 0.3 is 0 Å². The van der Waals surface area contributed by atoms with Gasteiger partial charge in [0.2, 0.25) is 0 Å². The second-order valence-electron chi connectivity index (χ2n) is 5.69. The third-order valence-corrected chi connectivity index (χ3v) is 3.85. The molecule has 1 heterocycles. The van der Waals surface area contributed by atoms with Crippen LogP contribution in [0.5, 0.6) is 0 Å².